The fourth-order valence-corrected chi connectivity index (χ4v) is 2.18. The van der Waals surface area contributed by atoms with Gasteiger partial charge in [0.1, 0.15) is 0 Å². The second kappa shape index (κ2) is 9.33. The summed E-state index contributed by atoms with van der Waals surface area (Å²) in [7, 11) is 0. The maximum Gasteiger partial charge on any atom is 0.340 e. The summed E-state index contributed by atoms with van der Waals surface area (Å²) in [6, 6.07) is 14.7. The summed E-state index contributed by atoms with van der Waals surface area (Å²) < 4.78 is 4.83. The van der Waals surface area contributed by atoms with E-state index in [0.717, 1.165) is 0 Å². The molecule has 0 radical (unpaired) electrons. The second-order valence-electron chi connectivity index (χ2n) is 5.41. The monoisotopic (exact) mass is 356 g/mol. The van der Waals surface area contributed by atoms with Crippen LogP contribution in [0.1, 0.15) is 28.9 Å². The quantitative estimate of drug-likeness (QED) is 0.654. The molecule has 3 N–H and O–H groups in total. The van der Waals surface area contributed by atoms with E-state index in [1.54, 1.807) is 48.5 Å². The van der Waals surface area contributed by atoms with E-state index < -0.39 is 24.6 Å². The van der Waals surface area contributed by atoms with Crippen LogP contribution in [0.15, 0.2) is 54.6 Å². The molecule has 2 rings (SSSR count). The molecule has 0 fully saturated rings. The van der Waals surface area contributed by atoms with Gasteiger partial charge < -0.3 is 20.5 Å². The highest BCUT2D eigenvalue weighted by atomic mass is 16.5. The first kappa shape index (κ1) is 19.1. The van der Waals surface area contributed by atoms with E-state index in [1.807, 2.05) is 6.92 Å². The molecule has 1 atom stereocenters. The zero-order valence-electron chi connectivity index (χ0n) is 14.3. The average molecular weight is 356 g/mol. The molecular weight excluding hydrogens is 336 g/mol. The van der Waals surface area contributed by atoms with Crippen LogP contribution < -0.4 is 10.6 Å². The van der Waals surface area contributed by atoms with E-state index in [0.29, 0.717) is 23.4 Å². The number of aliphatic hydroxyl groups excluding tert-OH is 1. The van der Waals surface area contributed by atoms with Crippen LogP contribution in [0.2, 0.25) is 0 Å². The largest absolute Gasteiger partial charge is 0.453 e. The zero-order chi connectivity index (χ0) is 18.9. The lowest BCUT2D eigenvalue weighted by molar-refractivity contribution is -0.156. The first-order chi connectivity index (χ1) is 12.5. The molecule has 0 aliphatic carbocycles. The van der Waals surface area contributed by atoms with Crippen molar-refractivity contribution in [2.45, 2.75) is 13.0 Å². The van der Waals surface area contributed by atoms with Gasteiger partial charge in [-0.2, -0.15) is 0 Å². The van der Waals surface area contributed by atoms with Crippen molar-refractivity contribution in [3.63, 3.8) is 0 Å². The molecular formula is C19H20N2O5. The third-order valence-electron chi connectivity index (χ3n) is 3.43. The first-order valence-corrected chi connectivity index (χ1v) is 8.09. The van der Waals surface area contributed by atoms with Crippen LogP contribution in [0.3, 0.4) is 0 Å². The molecule has 0 aliphatic rings. The number of amides is 2. The summed E-state index contributed by atoms with van der Waals surface area (Å²) in [5, 5.41) is 15.1. The number of anilines is 1. The number of esters is 1. The van der Waals surface area contributed by atoms with Gasteiger partial charge in [0.05, 0.1) is 0 Å². The van der Waals surface area contributed by atoms with Gasteiger partial charge >= 0.3 is 5.97 Å². The number of carbonyl (C=O) groups excluding carboxylic acids is 3. The van der Waals surface area contributed by atoms with Crippen LogP contribution in [0, 0.1) is 0 Å². The van der Waals surface area contributed by atoms with Crippen molar-refractivity contribution in [1.82, 2.24) is 5.32 Å². The molecule has 0 saturated heterocycles. The third kappa shape index (κ3) is 5.42. The van der Waals surface area contributed by atoms with Gasteiger partial charge in [-0.15, -0.1) is 0 Å². The number of hydrogen-bond acceptors (Lipinski definition) is 5. The van der Waals surface area contributed by atoms with Crippen LogP contribution in [0.5, 0.6) is 0 Å². The third-order valence-corrected chi connectivity index (χ3v) is 3.43. The molecule has 0 heterocycles. The summed E-state index contributed by atoms with van der Waals surface area (Å²) >= 11 is 0. The molecule has 0 aliphatic heterocycles. The average Bonchev–Trinajstić information content (AvgIpc) is 2.66. The summed E-state index contributed by atoms with van der Waals surface area (Å²) in [6.07, 6.45) is -1.45. The molecule has 0 bridgehead atoms. The van der Waals surface area contributed by atoms with Crippen LogP contribution in [-0.2, 0) is 14.3 Å². The van der Waals surface area contributed by atoms with Gasteiger partial charge in [0, 0.05) is 17.8 Å². The van der Waals surface area contributed by atoms with E-state index in [2.05, 4.69) is 10.6 Å². The molecule has 0 aromatic heterocycles. The Kier molecular flexibility index (Phi) is 6.87. The van der Waals surface area contributed by atoms with Gasteiger partial charge in [-0.25, -0.2) is 4.79 Å². The summed E-state index contributed by atoms with van der Waals surface area (Å²) in [5.41, 5.74) is 1.19. The minimum atomic E-state index is -1.45. The lowest BCUT2D eigenvalue weighted by atomic mass is 10.1. The Balaban J connectivity index is 1.88. The minimum Gasteiger partial charge on any atom is -0.453 e. The number of ether oxygens (including phenoxy) is 1. The minimum absolute atomic E-state index is 0.249. The van der Waals surface area contributed by atoms with Gasteiger partial charge in [-0.3, -0.25) is 9.59 Å². The van der Waals surface area contributed by atoms with Crippen molar-refractivity contribution in [1.29, 1.82) is 0 Å². The van der Waals surface area contributed by atoms with E-state index >= 15 is 0 Å². The number of benzene rings is 2. The SMILES string of the molecule is CCNC(=O)c1cccc(NC(=O)COC(=O)[C@@H](O)c2ccccc2)c1. The molecule has 136 valence electrons. The highest BCUT2D eigenvalue weighted by Gasteiger charge is 2.19. The molecule has 0 unspecified atom stereocenters. The maximum absolute atomic E-state index is 11.9. The summed E-state index contributed by atoms with van der Waals surface area (Å²) in [5.74, 6) is -1.74. The zero-order valence-corrected chi connectivity index (χ0v) is 14.3. The fourth-order valence-electron chi connectivity index (χ4n) is 2.18. The van der Waals surface area contributed by atoms with Crippen molar-refractivity contribution in [2.75, 3.05) is 18.5 Å². The molecule has 26 heavy (non-hydrogen) atoms. The Morgan fingerprint density at radius 2 is 1.81 bits per heavy atom. The van der Waals surface area contributed by atoms with Crippen LogP contribution >= 0.6 is 0 Å². The van der Waals surface area contributed by atoms with Crippen LogP contribution in [0.25, 0.3) is 0 Å². The van der Waals surface area contributed by atoms with Gasteiger partial charge in [0.2, 0.25) is 0 Å². The molecule has 2 amide bonds. The molecule has 2 aromatic carbocycles. The van der Waals surface area contributed by atoms with Gasteiger partial charge in [-0.1, -0.05) is 36.4 Å². The van der Waals surface area contributed by atoms with E-state index in [9.17, 15) is 19.5 Å². The van der Waals surface area contributed by atoms with Gasteiger partial charge in [0.15, 0.2) is 12.7 Å². The predicted octanol–water partition coefficient (Wildman–Crippen LogP) is 1.65. The normalized spacial score (nSPS) is 11.3. The number of aliphatic hydroxyl groups is 1. The van der Waals surface area contributed by atoms with Crippen molar-refractivity contribution in [2.24, 2.45) is 0 Å². The highest BCUT2D eigenvalue weighted by Crippen LogP contribution is 2.14. The standard InChI is InChI=1S/C19H20N2O5/c1-2-20-18(24)14-9-6-10-15(11-14)21-16(22)12-26-19(25)17(23)13-7-4-3-5-8-13/h3-11,17,23H,2,12H2,1H3,(H,20,24)(H,21,22)/t17-/m0/s1. The second-order valence-corrected chi connectivity index (χ2v) is 5.41. The summed E-state index contributed by atoms with van der Waals surface area (Å²) in [6.45, 7) is 1.75. The van der Waals surface area contributed by atoms with Gasteiger partial charge in [-0.05, 0) is 30.7 Å². The Morgan fingerprint density at radius 1 is 1.08 bits per heavy atom. The Bertz CT molecular complexity index is 777. The molecule has 0 saturated carbocycles. The van der Waals surface area contributed by atoms with E-state index in [1.165, 1.54) is 6.07 Å². The smallest absolute Gasteiger partial charge is 0.340 e. The number of hydrogen-bond donors (Lipinski definition) is 3. The fraction of sp³-hybridized carbons (Fsp3) is 0.211. The first-order valence-electron chi connectivity index (χ1n) is 8.09. The van der Waals surface area contributed by atoms with Gasteiger partial charge in [0.25, 0.3) is 11.8 Å². The Morgan fingerprint density at radius 3 is 2.50 bits per heavy atom. The van der Waals surface area contributed by atoms with Crippen LogP contribution in [0.4, 0.5) is 5.69 Å². The van der Waals surface area contributed by atoms with Crippen molar-refractivity contribution >= 4 is 23.5 Å². The Labute approximate surface area is 151 Å². The Hall–Kier alpha value is -3.19. The predicted molar refractivity (Wildman–Crippen MR) is 95.4 cm³/mol. The number of nitrogens with one attached hydrogen (secondary N) is 2. The lowest BCUT2D eigenvalue weighted by Gasteiger charge is -2.11. The lowest BCUT2D eigenvalue weighted by Crippen LogP contribution is -2.25. The topological polar surface area (TPSA) is 105 Å². The van der Waals surface area contributed by atoms with Crippen molar-refractivity contribution in [3.05, 3.63) is 65.7 Å². The van der Waals surface area contributed by atoms with Crippen LogP contribution in [-0.4, -0.2) is 36.0 Å². The molecule has 7 heteroatoms. The molecule has 0 spiro atoms. The van der Waals surface area contributed by atoms with Crippen molar-refractivity contribution in [3.8, 4) is 0 Å². The van der Waals surface area contributed by atoms with Crippen molar-refractivity contribution < 1.29 is 24.2 Å². The maximum atomic E-state index is 11.9. The number of carbonyl (C=O) groups is 3. The summed E-state index contributed by atoms with van der Waals surface area (Å²) in [4.78, 5) is 35.5. The number of rotatable bonds is 7. The molecule has 2 aromatic rings. The highest BCUT2D eigenvalue weighted by molar-refractivity contribution is 5.97. The van der Waals surface area contributed by atoms with E-state index in [4.69, 9.17) is 4.74 Å². The van der Waals surface area contributed by atoms with E-state index in [-0.39, 0.29) is 5.91 Å². The molecule has 7 nitrogen and oxygen atoms in total.